The average Bonchev–Trinajstić information content (AvgIpc) is 2.93. The number of hydrogen-bond donors (Lipinski definition) is 1. The quantitative estimate of drug-likeness (QED) is 0.847. The third kappa shape index (κ3) is 2.54. The fourth-order valence-corrected chi connectivity index (χ4v) is 4.86. The summed E-state index contributed by atoms with van der Waals surface area (Å²) in [5.74, 6) is 0.662. The minimum atomic E-state index is -0.0610. The molecule has 25 heavy (non-hydrogen) atoms. The molecule has 2 aromatic rings. The molecule has 2 unspecified atom stereocenters. The van der Waals surface area contributed by atoms with E-state index in [2.05, 4.69) is 36.3 Å². The van der Waals surface area contributed by atoms with E-state index in [1.165, 1.54) is 11.8 Å². The smallest absolute Gasteiger partial charge is 0.234 e. The molecule has 1 amide bonds. The molecule has 1 heterocycles. The van der Waals surface area contributed by atoms with Crippen molar-refractivity contribution in [3.8, 4) is 0 Å². The monoisotopic (exact) mass is 354 g/mol. The Bertz CT molecular complexity index is 823. The van der Waals surface area contributed by atoms with Crippen LogP contribution in [0.4, 0.5) is 5.69 Å². The van der Waals surface area contributed by atoms with Gasteiger partial charge in [0, 0.05) is 17.0 Å². The molecule has 1 N–H and O–H groups in total. The number of nitrogens with zero attached hydrogens (tertiary/aromatic N) is 3. The van der Waals surface area contributed by atoms with E-state index < -0.39 is 0 Å². The molecule has 5 nitrogen and oxygen atoms in total. The first kappa shape index (κ1) is 16.5. The van der Waals surface area contributed by atoms with E-state index in [0.29, 0.717) is 11.1 Å². The Hall–Kier alpha value is -1.95. The van der Waals surface area contributed by atoms with Crippen LogP contribution in [0, 0.1) is 5.41 Å². The third-order valence-corrected chi connectivity index (χ3v) is 7.00. The predicted molar refractivity (Wildman–Crippen MR) is 98.7 cm³/mol. The van der Waals surface area contributed by atoms with E-state index in [0.717, 1.165) is 29.9 Å². The van der Waals surface area contributed by atoms with Crippen LogP contribution in [0.1, 0.15) is 50.9 Å². The predicted octanol–water partition coefficient (Wildman–Crippen LogP) is 3.78. The standard InChI is InChI=1S/C19H22N4OS/c1-18(2)13-9-10-19(18,3)16-15(13)21-17(23-22-16)25-11-14(24)20-12-7-5-4-6-8-12/h4-8,13H,9-11H2,1-3H3,(H,20,24). The van der Waals surface area contributed by atoms with Crippen molar-refractivity contribution in [1.29, 1.82) is 0 Å². The number of rotatable bonds is 4. The summed E-state index contributed by atoms with van der Waals surface area (Å²) in [4.78, 5) is 16.9. The lowest BCUT2D eigenvalue weighted by Crippen LogP contribution is -2.32. The van der Waals surface area contributed by atoms with Crippen LogP contribution in [0.15, 0.2) is 35.5 Å². The maximum Gasteiger partial charge on any atom is 0.234 e. The first-order valence-corrected chi connectivity index (χ1v) is 9.63. The van der Waals surface area contributed by atoms with Gasteiger partial charge in [0.05, 0.1) is 17.1 Å². The molecule has 1 fully saturated rings. The van der Waals surface area contributed by atoms with Crippen molar-refractivity contribution < 1.29 is 4.79 Å². The highest BCUT2D eigenvalue weighted by atomic mass is 32.2. The van der Waals surface area contributed by atoms with E-state index in [9.17, 15) is 4.79 Å². The van der Waals surface area contributed by atoms with Crippen LogP contribution in [0.3, 0.4) is 0 Å². The number of nitrogens with one attached hydrogen (secondary N) is 1. The zero-order valence-electron chi connectivity index (χ0n) is 14.7. The second-order valence-corrected chi connectivity index (χ2v) is 8.62. The summed E-state index contributed by atoms with van der Waals surface area (Å²) in [6.07, 6.45) is 2.31. The van der Waals surface area contributed by atoms with Gasteiger partial charge in [-0.25, -0.2) is 4.98 Å². The van der Waals surface area contributed by atoms with E-state index in [-0.39, 0.29) is 22.5 Å². The summed E-state index contributed by atoms with van der Waals surface area (Å²) in [6.45, 7) is 6.91. The van der Waals surface area contributed by atoms with E-state index in [1.807, 2.05) is 30.3 Å². The number of carbonyl (C=O) groups is 1. The van der Waals surface area contributed by atoms with Crippen molar-refractivity contribution >= 4 is 23.4 Å². The Morgan fingerprint density at radius 2 is 2.00 bits per heavy atom. The van der Waals surface area contributed by atoms with Gasteiger partial charge in [-0.3, -0.25) is 4.79 Å². The molecule has 1 aromatic heterocycles. The van der Waals surface area contributed by atoms with Gasteiger partial charge >= 0.3 is 0 Å². The summed E-state index contributed by atoms with van der Waals surface area (Å²) < 4.78 is 0. The number of anilines is 1. The molecular weight excluding hydrogens is 332 g/mol. The lowest BCUT2D eigenvalue weighted by atomic mass is 9.70. The van der Waals surface area contributed by atoms with Gasteiger partial charge in [0.2, 0.25) is 11.1 Å². The molecule has 1 aromatic carbocycles. The van der Waals surface area contributed by atoms with Gasteiger partial charge in [-0.05, 0) is 30.4 Å². The summed E-state index contributed by atoms with van der Waals surface area (Å²) in [5, 5.41) is 12.3. The van der Waals surface area contributed by atoms with Crippen LogP contribution >= 0.6 is 11.8 Å². The number of fused-ring (bicyclic) bond motifs is 5. The minimum Gasteiger partial charge on any atom is -0.325 e. The Labute approximate surface area is 152 Å². The van der Waals surface area contributed by atoms with Gasteiger partial charge in [-0.15, -0.1) is 5.10 Å². The van der Waals surface area contributed by atoms with Crippen LogP contribution in [0.25, 0.3) is 0 Å². The highest BCUT2D eigenvalue weighted by Gasteiger charge is 2.61. The second kappa shape index (κ2) is 5.80. The zero-order valence-corrected chi connectivity index (χ0v) is 15.6. The molecule has 0 saturated heterocycles. The lowest BCUT2D eigenvalue weighted by Gasteiger charge is -2.33. The molecule has 0 aliphatic heterocycles. The maximum atomic E-state index is 12.1. The first-order chi connectivity index (χ1) is 11.9. The van der Waals surface area contributed by atoms with Crippen LogP contribution in [-0.2, 0) is 10.2 Å². The Morgan fingerprint density at radius 3 is 2.76 bits per heavy atom. The number of benzene rings is 1. The van der Waals surface area contributed by atoms with Crippen molar-refractivity contribution in [2.24, 2.45) is 5.41 Å². The second-order valence-electron chi connectivity index (χ2n) is 7.68. The number of carbonyl (C=O) groups excluding carboxylic acids is 1. The molecule has 2 aliphatic carbocycles. The van der Waals surface area contributed by atoms with Crippen LogP contribution in [0.2, 0.25) is 0 Å². The van der Waals surface area contributed by atoms with Crippen molar-refractivity contribution in [3.63, 3.8) is 0 Å². The first-order valence-electron chi connectivity index (χ1n) is 8.64. The Balaban J connectivity index is 1.46. The maximum absolute atomic E-state index is 12.1. The number of aromatic nitrogens is 3. The SMILES string of the molecule is CC12CCC(c3nc(SCC(=O)Nc4ccccc4)nnc31)C2(C)C. The largest absolute Gasteiger partial charge is 0.325 e. The molecule has 2 atom stereocenters. The molecule has 6 heteroatoms. The van der Waals surface area contributed by atoms with Crippen molar-refractivity contribution in [2.45, 2.75) is 50.1 Å². The van der Waals surface area contributed by atoms with Crippen molar-refractivity contribution in [3.05, 3.63) is 41.7 Å². The van der Waals surface area contributed by atoms with Gasteiger partial charge in [-0.2, -0.15) is 5.10 Å². The summed E-state index contributed by atoms with van der Waals surface area (Å²) >= 11 is 1.34. The summed E-state index contributed by atoms with van der Waals surface area (Å²) in [5.41, 5.74) is 3.20. The summed E-state index contributed by atoms with van der Waals surface area (Å²) in [6, 6.07) is 9.45. The zero-order chi connectivity index (χ0) is 17.7. The van der Waals surface area contributed by atoms with Gasteiger partial charge < -0.3 is 5.32 Å². The van der Waals surface area contributed by atoms with Crippen LogP contribution in [0.5, 0.6) is 0 Å². The lowest BCUT2D eigenvalue weighted by molar-refractivity contribution is -0.113. The van der Waals surface area contributed by atoms with E-state index >= 15 is 0 Å². The van der Waals surface area contributed by atoms with E-state index in [1.54, 1.807) is 0 Å². The van der Waals surface area contributed by atoms with Gasteiger partial charge in [0.1, 0.15) is 0 Å². The number of hydrogen-bond acceptors (Lipinski definition) is 5. The van der Waals surface area contributed by atoms with Crippen LogP contribution < -0.4 is 5.32 Å². The van der Waals surface area contributed by atoms with Crippen LogP contribution in [-0.4, -0.2) is 26.8 Å². The van der Waals surface area contributed by atoms with Gasteiger partial charge in [0.25, 0.3) is 0 Å². The average molecular weight is 354 g/mol. The molecular formula is C19H22N4OS. The third-order valence-electron chi connectivity index (χ3n) is 6.16. The van der Waals surface area contributed by atoms with Gasteiger partial charge in [-0.1, -0.05) is 50.7 Å². The molecule has 2 aliphatic rings. The van der Waals surface area contributed by atoms with E-state index in [4.69, 9.17) is 4.98 Å². The Kier molecular flexibility index (Phi) is 3.83. The Morgan fingerprint density at radius 1 is 1.24 bits per heavy atom. The number of thioether (sulfide) groups is 1. The number of para-hydroxylation sites is 1. The summed E-state index contributed by atoms with van der Waals surface area (Å²) in [7, 11) is 0. The van der Waals surface area contributed by atoms with Crippen molar-refractivity contribution in [2.75, 3.05) is 11.1 Å². The minimum absolute atomic E-state index is 0.0610. The highest BCUT2D eigenvalue weighted by molar-refractivity contribution is 7.99. The molecule has 0 spiro atoms. The molecule has 2 bridgehead atoms. The molecule has 4 rings (SSSR count). The highest BCUT2D eigenvalue weighted by Crippen LogP contribution is 2.66. The molecule has 1 saturated carbocycles. The van der Waals surface area contributed by atoms with Crippen molar-refractivity contribution in [1.82, 2.24) is 15.2 Å². The van der Waals surface area contributed by atoms with Gasteiger partial charge in [0.15, 0.2) is 0 Å². The normalized spacial score (nSPS) is 25.6. The molecule has 130 valence electrons. The number of amides is 1. The fourth-order valence-electron chi connectivity index (χ4n) is 4.27. The topological polar surface area (TPSA) is 67.8 Å². The fraction of sp³-hybridized carbons (Fsp3) is 0.474. The molecule has 0 radical (unpaired) electrons.